The predicted molar refractivity (Wildman–Crippen MR) is 106 cm³/mol. The molecule has 8 nitrogen and oxygen atoms in total. The largest absolute Gasteiger partial charge is 0.365 e. The Bertz CT molecular complexity index is 907. The summed E-state index contributed by atoms with van der Waals surface area (Å²) in [5, 5.41) is 16.9. The summed E-state index contributed by atoms with van der Waals surface area (Å²) in [4.78, 5) is 36.6. The van der Waals surface area contributed by atoms with Crippen molar-refractivity contribution < 1.29 is 14.5 Å². The number of nitro benzene ring substituents is 1. The Morgan fingerprint density at radius 3 is 2.32 bits per heavy atom. The number of benzene rings is 2. The van der Waals surface area contributed by atoms with Crippen LogP contribution >= 0.6 is 0 Å². The second-order valence-corrected chi connectivity index (χ2v) is 6.84. The lowest BCUT2D eigenvalue weighted by Gasteiger charge is -2.20. The molecular formula is C20H22N4O4. The van der Waals surface area contributed by atoms with Crippen LogP contribution in [0.3, 0.4) is 0 Å². The minimum atomic E-state index is -0.478. The molecule has 28 heavy (non-hydrogen) atoms. The fraction of sp³-hybridized carbons (Fsp3) is 0.300. The lowest BCUT2D eigenvalue weighted by Crippen LogP contribution is -2.25. The maximum Gasteiger partial charge on any atom is 0.293 e. The van der Waals surface area contributed by atoms with Crippen molar-refractivity contribution >= 4 is 23.2 Å². The molecule has 0 saturated heterocycles. The Morgan fingerprint density at radius 2 is 1.75 bits per heavy atom. The van der Waals surface area contributed by atoms with Crippen LogP contribution in [0.25, 0.3) is 0 Å². The Hall–Kier alpha value is -3.42. The molecule has 0 radical (unpaired) electrons. The molecule has 1 aliphatic carbocycles. The first-order valence-electron chi connectivity index (χ1n) is 9.00. The fourth-order valence-electron chi connectivity index (χ4n) is 2.89. The number of hydrogen-bond donors (Lipinski definition) is 2. The second-order valence-electron chi connectivity index (χ2n) is 6.84. The van der Waals surface area contributed by atoms with E-state index in [0.717, 1.165) is 18.4 Å². The molecule has 3 rings (SSSR count). The van der Waals surface area contributed by atoms with E-state index in [-0.39, 0.29) is 29.1 Å². The van der Waals surface area contributed by atoms with Crippen molar-refractivity contribution in [1.29, 1.82) is 0 Å². The van der Waals surface area contributed by atoms with Gasteiger partial charge in [0.05, 0.1) is 4.92 Å². The molecule has 2 aromatic rings. The lowest BCUT2D eigenvalue weighted by atomic mass is 10.1. The van der Waals surface area contributed by atoms with E-state index in [4.69, 9.17) is 0 Å². The molecule has 0 spiro atoms. The molecule has 0 unspecified atom stereocenters. The van der Waals surface area contributed by atoms with Crippen molar-refractivity contribution in [2.24, 2.45) is 0 Å². The van der Waals surface area contributed by atoms with E-state index in [1.807, 2.05) is 12.1 Å². The Morgan fingerprint density at radius 1 is 1.11 bits per heavy atom. The van der Waals surface area contributed by atoms with Crippen LogP contribution in [0, 0.1) is 10.1 Å². The van der Waals surface area contributed by atoms with Gasteiger partial charge in [-0.3, -0.25) is 19.7 Å². The topological polar surface area (TPSA) is 105 Å². The number of nitrogens with zero attached hydrogens (tertiary/aromatic N) is 2. The van der Waals surface area contributed by atoms with Crippen molar-refractivity contribution in [3.8, 4) is 0 Å². The van der Waals surface area contributed by atoms with Gasteiger partial charge in [-0.1, -0.05) is 12.1 Å². The smallest absolute Gasteiger partial charge is 0.293 e. The van der Waals surface area contributed by atoms with E-state index in [1.165, 1.54) is 6.07 Å². The first-order valence-corrected chi connectivity index (χ1v) is 9.00. The second kappa shape index (κ2) is 8.08. The SMILES string of the molecule is CNC(=O)c1ccc(CN(C)c2ccc(C(=O)NC3CC3)cc2[N+](=O)[O-])cc1. The summed E-state index contributed by atoms with van der Waals surface area (Å²) in [5.41, 5.74) is 2.04. The Balaban J connectivity index is 1.78. The lowest BCUT2D eigenvalue weighted by molar-refractivity contribution is -0.384. The molecular weight excluding hydrogens is 360 g/mol. The first-order chi connectivity index (χ1) is 13.4. The number of nitro groups is 1. The average molecular weight is 382 g/mol. The zero-order chi connectivity index (χ0) is 20.3. The van der Waals surface area contributed by atoms with Gasteiger partial charge in [-0.15, -0.1) is 0 Å². The van der Waals surface area contributed by atoms with Crippen LogP contribution in [-0.4, -0.2) is 36.9 Å². The van der Waals surface area contributed by atoms with Crippen LogP contribution in [0.1, 0.15) is 39.1 Å². The molecule has 8 heteroatoms. The highest BCUT2D eigenvalue weighted by Gasteiger charge is 2.26. The molecule has 1 saturated carbocycles. The van der Waals surface area contributed by atoms with Gasteiger partial charge in [-0.2, -0.15) is 0 Å². The number of rotatable bonds is 7. The van der Waals surface area contributed by atoms with Gasteiger partial charge < -0.3 is 15.5 Å². The van der Waals surface area contributed by atoms with Crippen LogP contribution in [0.4, 0.5) is 11.4 Å². The van der Waals surface area contributed by atoms with Crippen molar-refractivity contribution in [2.75, 3.05) is 19.0 Å². The van der Waals surface area contributed by atoms with Gasteiger partial charge in [0.2, 0.25) is 0 Å². The molecule has 0 aromatic heterocycles. The van der Waals surface area contributed by atoms with Gasteiger partial charge in [0.15, 0.2) is 0 Å². The molecule has 1 aliphatic rings. The van der Waals surface area contributed by atoms with Crippen LogP contribution < -0.4 is 15.5 Å². The quantitative estimate of drug-likeness (QED) is 0.565. The van der Waals surface area contributed by atoms with E-state index in [9.17, 15) is 19.7 Å². The third-order valence-corrected chi connectivity index (χ3v) is 4.62. The highest BCUT2D eigenvalue weighted by Crippen LogP contribution is 2.30. The van der Waals surface area contributed by atoms with Crippen LogP contribution in [0.5, 0.6) is 0 Å². The normalized spacial score (nSPS) is 12.9. The van der Waals surface area contributed by atoms with E-state index in [0.29, 0.717) is 17.8 Å². The molecule has 0 bridgehead atoms. The zero-order valence-corrected chi connectivity index (χ0v) is 15.8. The van der Waals surface area contributed by atoms with Gasteiger partial charge in [-0.05, 0) is 42.7 Å². The number of carbonyl (C=O) groups excluding carboxylic acids is 2. The molecule has 0 atom stereocenters. The highest BCUT2D eigenvalue weighted by molar-refractivity contribution is 5.96. The summed E-state index contributed by atoms with van der Waals surface area (Å²) in [6.45, 7) is 0.419. The van der Waals surface area contributed by atoms with Gasteiger partial charge >= 0.3 is 0 Å². The summed E-state index contributed by atoms with van der Waals surface area (Å²) in [6.07, 6.45) is 1.90. The van der Waals surface area contributed by atoms with Gasteiger partial charge in [0.1, 0.15) is 5.69 Å². The van der Waals surface area contributed by atoms with Gasteiger partial charge in [-0.25, -0.2) is 0 Å². The third-order valence-electron chi connectivity index (χ3n) is 4.62. The summed E-state index contributed by atoms with van der Waals surface area (Å²) in [5.74, 6) is -0.458. The van der Waals surface area contributed by atoms with E-state index >= 15 is 0 Å². The van der Waals surface area contributed by atoms with Crippen molar-refractivity contribution in [1.82, 2.24) is 10.6 Å². The van der Waals surface area contributed by atoms with Crippen molar-refractivity contribution in [3.63, 3.8) is 0 Å². The van der Waals surface area contributed by atoms with Crippen molar-refractivity contribution in [2.45, 2.75) is 25.4 Å². The molecule has 1 fully saturated rings. The van der Waals surface area contributed by atoms with Crippen LogP contribution in [-0.2, 0) is 6.54 Å². The van der Waals surface area contributed by atoms with E-state index in [2.05, 4.69) is 10.6 Å². The standard InChI is InChI=1S/C20H22N4O4/c1-21-19(25)14-5-3-13(4-6-14)12-23(2)17-10-7-15(11-18(17)24(27)28)20(26)22-16-8-9-16/h3-7,10-11,16H,8-9,12H2,1-2H3,(H,21,25)(H,22,26). The summed E-state index contributed by atoms with van der Waals surface area (Å²) >= 11 is 0. The predicted octanol–water partition coefficient (Wildman–Crippen LogP) is 2.48. The number of anilines is 1. The highest BCUT2D eigenvalue weighted by atomic mass is 16.6. The van der Waals surface area contributed by atoms with Gasteiger partial charge in [0.25, 0.3) is 17.5 Å². The van der Waals surface area contributed by atoms with Crippen molar-refractivity contribution in [3.05, 3.63) is 69.3 Å². The van der Waals surface area contributed by atoms with Crippen LogP contribution in [0.2, 0.25) is 0 Å². The minimum Gasteiger partial charge on any atom is -0.365 e. The zero-order valence-electron chi connectivity index (χ0n) is 15.8. The third kappa shape index (κ3) is 4.46. The summed E-state index contributed by atoms with van der Waals surface area (Å²) in [6, 6.07) is 11.7. The molecule has 0 heterocycles. The number of nitrogens with one attached hydrogen (secondary N) is 2. The van der Waals surface area contributed by atoms with Crippen LogP contribution in [0.15, 0.2) is 42.5 Å². The van der Waals surface area contributed by atoms with E-state index in [1.54, 1.807) is 43.3 Å². The maximum atomic E-state index is 12.2. The number of carbonyl (C=O) groups is 2. The molecule has 2 aromatic carbocycles. The summed E-state index contributed by atoms with van der Waals surface area (Å²) in [7, 11) is 3.32. The molecule has 0 aliphatic heterocycles. The summed E-state index contributed by atoms with van der Waals surface area (Å²) < 4.78 is 0. The number of amides is 2. The number of hydrogen-bond acceptors (Lipinski definition) is 5. The Labute approximate surface area is 162 Å². The van der Waals surface area contributed by atoms with Gasteiger partial charge in [0, 0.05) is 43.9 Å². The minimum absolute atomic E-state index is 0.118. The van der Waals surface area contributed by atoms with E-state index < -0.39 is 4.92 Å². The fourth-order valence-corrected chi connectivity index (χ4v) is 2.89. The average Bonchev–Trinajstić information content (AvgIpc) is 3.51. The first kappa shape index (κ1) is 19.3. The molecule has 2 N–H and O–H groups in total. The maximum absolute atomic E-state index is 12.2. The molecule has 146 valence electrons. The molecule has 2 amide bonds. The Kier molecular flexibility index (Phi) is 5.58. The monoisotopic (exact) mass is 382 g/mol.